The van der Waals surface area contributed by atoms with Crippen molar-refractivity contribution in [2.24, 2.45) is 0 Å². The lowest BCUT2D eigenvalue weighted by Crippen LogP contribution is -3.11. The average molecular weight is 305 g/mol. The van der Waals surface area contributed by atoms with Gasteiger partial charge in [-0.2, -0.15) is 0 Å². The molecule has 6 heteroatoms. The van der Waals surface area contributed by atoms with Crippen molar-refractivity contribution in [2.75, 3.05) is 45.2 Å². The van der Waals surface area contributed by atoms with Crippen LogP contribution in [0.2, 0.25) is 0 Å². The number of urea groups is 1. The van der Waals surface area contributed by atoms with E-state index in [1.807, 2.05) is 14.1 Å². The molecule has 0 aromatic heterocycles. The first-order valence-electron chi connectivity index (χ1n) is 7.69. The second kappa shape index (κ2) is 7.26. The van der Waals surface area contributed by atoms with Gasteiger partial charge in [-0.05, 0) is 19.1 Å². The molecule has 0 radical (unpaired) electrons. The third-order valence-electron chi connectivity index (χ3n) is 3.97. The van der Waals surface area contributed by atoms with Crippen molar-refractivity contribution in [2.45, 2.75) is 13.5 Å². The number of benzene rings is 1. The van der Waals surface area contributed by atoms with Crippen LogP contribution in [-0.2, 0) is 11.3 Å². The van der Waals surface area contributed by atoms with Gasteiger partial charge < -0.3 is 15.1 Å². The summed E-state index contributed by atoms with van der Waals surface area (Å²) in [7, 11) is 4.02. The van der Waals surface area contributed by atoms with Crippen LogP contribution in [0.1, 0.15) is 12.5 Å². The molecule has 0 aliphatic carbocycles. The minimum atomic E-state index is -0.268. The quantitative estimate of drug-likeness (QED) is 0.759. The van der Waals surface area contributed by atoms with Gasteiger partial charge in [0.25, 0.3) is 5.91 Å². The largest absolute Gasteiger partial charge is 0.378 e. The molecule has 0 saturated carbocycles. The van der Waals surface area contributed by atoms with Gasteiger partial charge in [0.15, 0.2) is 6.54 Å². The zero-order valence-corrected chi connectivity index (χ0v) is 13.6. The van der Waals surface area contributed by atoms with Crippen LogP contribution >= 0.6 is 0 Å². The second-order valence-corrected chi connectivity index (χ2v) is 5.80. The van der Waals surface area contributed by atoms with E-state index < -0.39 is 0 Å². The Morgan fingerprint density at radius 2 is 2.00 bits per heavy atom. The molecule has 1 heterocycles. The van der Waals surface area contributed by atoms with Gasteiger partial charge in [-0.3, -0.25) is 9.69 Å². The highest BCUT2D eigenvalue weighted by atomic mass is 16.2. The van der Waals surface area contributed by atoms with Crippen molar-refractivity contribution < 1.29 is 14.5 Å². The van der Waals surface area contributed by atoms with E-state index in [-0.39, 0.29) is 11.9 Å². The van der Waals surface area contributed by atoms with Gasteiger partial charge in [-0.1, -0.05) is 12.1 Å². The van der Waals surface area contributed by atoms with E-state index in [2.05, 4.69) is 41.4 Å². The highest BCUT2D eigenvalue weighted by molar-refractivity contribution is 5.96. The molecule has 2 N–H and O–H groups in total. The van der Waals surface area contributed by atoms with Crippen molar-refractivity contribution in [1.29, 1.82) is 0 Å². The molecule has 120 valence electrons. The lowest BCUT2D eigenvalue weighted by atomic mass is 10.2. The highest BCUT2D eigenvalue weighted by Crippen LogP contribution is 2.11. The summed E-state index contributed by atoms with van der Waals surface area (Å²) in [4.78, 5) is 28.2. The predicted octanol–water partition coefficient (Wildman–Crippen LogP) is -0.291. The number of hydrogen-bond acceptors (Lipinski definition) is 3. The number of nitrogens with one attached hydrogen (secondary N) is 2. The SMILES string of the molecule is CC[NH+](CC(=O)N1CCNC1=O)Cc1ccc(N(C)C)cc1. The molecule has 1 aliphatic rings. The minimum Gasteiger partial charge on any atom is -0.378 e. The van der Waals surface area contributed by atoms with Crippen LogP contribution in [0.4, 0.5) is 10.5 Å². The van der Waals surface area contributed by atoms with E-state index in [1.165, 1.54) is 10.5 Å². The molecule has 1 aromatic rings. The summed E-state index contributed by atoms with van der Waals surface area (Å²) in [6, 6.07) is 8.09. The van der Waals surface area contributed by atoms with E-state index in [9.17, 15) is 9.59 Å². The van der Waals surface area contributed by atoms with E-state index in [0.717, 1.165) is 23.7 Å². The summed E-state index contributed by atoms with van der Waals surface area (Å²) in [6.45, 7) is 5.06. The molecule has 1 unspecified atom stereocenters. The monoisotopic (exact) mass is 305 g/mol. The highest BCUT2D eigenvalue weighted by Gasteiger charge is 2.28. The lowest BCUT2D eigenvalue weighted by molar-refractivity contribution is -0.904. The van der Waals surface area contributed by atoms with Crippen molar-refractivity contribution in [3.63, 3.8) is 0 Å². The summed E-state index contributed by atoms with van der Waals surface area (Å²) in [5.41, 5.74) is 2.35. The summed E-state index contributed by atoms with van der Waals surface area (Å²) in [5.74, 6) is -0.100. The number of carbonyl (C=O) groups excluding carboxylic acids is 2. The Labute approximate surface area is 131 Å². The second-order valence-electron chi connectivity index (χ2n) is 5.80. The van der Waals surface area contributed by atoms with Gasteiger partial charge in [-0.15, -0.1) is 0 Å². The van der Waals surface area contributed by atoms with E-state index >= 15 is 0 Å². The number of hydrogen-bond donors (Lipinski definition) is 2. The van der Waals surface area contributed by atoms with Crippen LogP contribution in [0, 0.1) is 0 Å². The van der Waals surface area contributed by atoms with Gasteiger partial charge in [0, 0.05) is 38.4 Å². The summed E-state index contributed by atoms with van der Waals surface area (Å²) < 4.78 is 0. The smallest absolute Gasteiger partial charge is 0.324 e. The molecule has 22 heavy (non-hydrogen) atoms. The molecular weight excluding hydrogens is 280 g/mol. The van der Waals surface area contributed by atoms with Crippen LogP contribution in [0.15, 0.2) is 24.3 Å². The maximum Gasteiger partial charge on any atom is 0.324 e. The van der Waals surface area contributed by atoms with Crippen molar-refractivity contribution in [1.82, 2.24) is 10.2 Å². The Morgan fingerprint density at radius 1 is 1.32 bits per heavy atom. The summed E-state index contributed by atoms with van der Waals surface area (Å²) >= 11 is 0. The van der Waals surface area contributed by atoms with Crippen LogP contribution in [0.3, 0.4) is 0 Å². The third kappa shape index (κ3) is 3.98. The van der Waals surface area contributed by atoms with Crippen LogP contribution in [-0.4, -0.2) is 57.1 Å². The molecule has 1 aromatic carbocycles. The maximum absolute atomic E-state index is 12.2. The van der Waals surface area contributed by atoms with Crippen molar-refractivity contribution in [3.05, 3.63) is 29.8 Å². The molecule has 1 aliphatic heterocycles. The molecular formula is C16H25N4O2+. The molecule has 1 atom stereocenters. The molecule has 1 saturated heterocycles. The standard InChI is InChI=1S/C16H24N4O2/c1-4-19(12-15(21)20-10-9-17-16(20)22)11-13-5-7-14(8-6-13)18(2)3/h5-8H,4,9-12H2,1-3H3,(H,17,22)/p+1. The first-order valence-corrected chi connectivity index (χ1v) is 7.69. The molecule has 0 bridgehead atoms. The predicted molar refractivity (Wildman–Crippen MR) is 86.0 cm³/mol. The molecule has 1 fully saturated rings. The normalized spacial score (nSPS) is 15.6. The zero-order chi connectivity index (χ0) is 16.1. The van der Waals surface area contributed by atoms with Crippen LogP contribution < -0.4 is 15.1 Å². The first-order chi connectivity index (χ1) is 10.5. The maximum atomic E-state index is 12.2. The Kier molecular flexibility index (Phi) is 5.38. The number of carbonyl (C=O) groups is 2. The number of quaternary nitrogens is 1. The fraction of sp³-hybridized carbons (Fsp3) is 0.500. The average Bonchev–Trinajstić information content (AvgIpc) is 2.93. The lowest BCUT2D eigenvalue weighted by Gasteiger charge is -2.20. The zero-order valence-electron chi connectivity index (χ0n) is 13.6. The molecule has 3 amide bonds. The number of amides is 3. The first kappa shape index (κ1) is 16.3. The number of likely N-dealkylation sites (N-methyl/N-ethyl adjacent to an activating group) is 1. The number of anilines is 1. The Bertz CT molecular complexity index is 527. The van der Waals surface area contributed by atoms with Gasteiger partial charge in [0.2, 0.25) is 0 Å². The van der Waals surface area contributed by atoms with Gasteiger partial charge in [0.05, 0.1) is 6.54 Å². The van der Waals surface area contributed by atoms with E-state index in [4.69, 9.17) is 0 Å². The van der Waals surface area contributed by atoms with E-state index in [0.29, 0.717) is 19.6 Å². The Hall–Kier alpha value is -2.08. The molecule has 0 spiro atoms. The van der Waals surface area contributed by atoms with E-state index in [1.54, 1.807) is 0 Å². The number of imide groups is 1. The Morgan fingerprint density at radius 3 is 2.50 bits per heavy atom. The van der Waals surface area contributed by atoms with Gasteiger partial charge >= 0.3 is 6.03 Å². The molecule has 6 nitrogen and oxygen atoms in total. The summed E-state index contributed by atoms with van der Waals surface area (Å²) in [6.07, 6.45) is 0. The van der Waals surface area contributed by atoms with Crippen LogP contribution in [0.25, 0.3) is 0 Å². The third-order valence-corrected chi connectivity index (χ3v) is 3.97. The van der Waals surface area contributed by atoms with Crippen LogP contribution in [0.5, 0.6) is 0 Å². The van der Waals surface area contributed by atoms with Crippen molar-refractivity contribution >= 4 is 17.6 Å². The minimum absolute atomic E-state index is 0.100. The van der Waals surface area contributed by atoms with Crippen molar-refractivity contribution in [3.8, 4) is 0 Å². The number of nitrogens with zero attached hydrogens (tertiary/aromatic N) is 2. The fourth-order valence-electron chi connectivity index (χ4n) is 2.53. The Balaban J connectivity index is 1.94. The molecule has 2 rings (SSSR count). The topological polar surface area (TPSA) is 57.1 Å². The van der Waals surface area contributed by atoms with Gasteiger partial charge in [-0.25, -0.2) is 4.79 Å². The summed E-state index contributed by atoms with van der Waals surface area (Å²) in [5, 5.41) is 2.66. The fourth-order valence-corrected chi connectivity index (χ4v) is 2.53. The number of rotatable bonds is 6. The van der Waals surface area contributed by atoms with Gasteiger partial charge in [0.1, 0.15) is 6.54 Å².